The fourth-order valence-electron chi connectivity index (χ4n) is 4.70. The molecule has 0 radical (unpaired) electrons. The van der Waals surface area contributed by atoms with Crippen LogP contribution in [0.4, 0.5) is 0 Å². The number of hydrogen-bond acceptors (Lipinski definition) is 2. The molecule has 0 aliphatic rings. The smallest absolute Gasteiger partial charge is 0.220 e. The molecular weight excluding hydrogens is 461 g/mol. The van der Waals surface area contributed by atoms with Gasteiger partial charge in [-0.15, -0.1) is 19.0 Å². The molecular formula is C28H28BClNO2S-. The highest BCUT2D eigenvalue weighted by molar-refractivity contribution is 7.91. The highest BCUT2D eigenvalue weighted by atomic mass is 35.5. The number of nitrogens with zero attached hydrogens (tertiary/aromatic N) is 1. The first-order chi connectivity index (χ1) is 16.4. The molecule has 0 saturated carbocycles. The second-order valence-electron chi connectivity index (χ2n) is 9.04. The van der Waals surface area contributed by atoms with E-state index in [0.29, 0.717) is 19.0 Å². The predicted octanol–water partition coefficient (Wildman–Crippen LogP) is 6.43. The van der Waals surface area contributed by atoms with E-state index in [1.165, 1.54) is 0 Å². The normalized spacial score (nSPS) is 12.1. The minimum atomic E-state index is -3.95. The van der Waals surface area contributed by atoms with E-state index in [9.17, 15) is 8.42 Å². The highest BCUT2D eigenvalue weighted by Gasteiger charge is 2.38. The fourth-order valence-corrected chi connectivity index (χ4v) is 6.64. The summed E-state index contributed by atoms with van der Waals surface area (Å²) in [6.45, 7) is 1.93. The first-order valence-corrected chi connectivity index (χ1v) is 13.3. The molecule has 0 aromatic heterocycles. The van der Waals surface area contributed by atoms with E-state index in [0.717, 1.165) is 26.0 Å². The highest BCUT2D eigenvalue weighted by Crippen LogP contribution is 2.33. The van der Waals surface area contributed by atoms with E-state index < -0.39 is 16.3 Å². The van der Waals surface area contributed by atoms with Gasteiger partial charge in [0.05, 0.1) is 4.90 Å². The van der Waals surface area contributed by atoms with Crippen molar-refractivity contribution in [2.75, 3.05) is 0 Å². The topological polar surface area (TPSA) is 37.4 Å². The van der Waals surface area contributed by atoms with Gasteiger partial charge in [-0.2, -0.15) is 0 Å². The number of benzene rings is 4. The lowest BCUT2D eigenvalue weighted by Gasteiger charge is -2.46. The molecule has 0 bridgehead atoms. The molecule has 0 atom stereocenters. The minimum absolute atomic E-state index is 0.202. The Kier molecular flexibility index (Phi) is 7.57. The molecule has 6 heteroatoms. The van der Waals surface area contributed by atoms with E-state index in [1.54, 1.807) is 24.3 Å². The van der Waals surface area contributed by atoms with Gasteiger partial charge >= 0.3 is 0 Å². The molecule has 0 heterocycles. The maximum atomic E-state index is 13.9. The van der Waals surface area contributed by atoms with Gasteiger partial charge in [-0.25, -0.2) is 8.42 Å². The third kappa shape index (κ3) is 5.61. The van der Waals surface area contributed by atoms with Crippen LogP contribution in [0.2, 0.25) is 0 Å². The Hall–Kier alpha value is -2.86. The summed E-state index contributed by atoms with van der Waals surface area (Å²) in [4.78, 5) is 0.202. The van der Waals surface area contributed by atoms with Gasteiger partial charge in [0, 0.05) is 0 Å². The van der Waals surface area contributed by atoms with Crippen molar-refractivity contribution in [1.82, 2.24) is 3.74 Å². The maximum absolute atomic E-state index is 13.9. The van der Waals surface area contributed by atoms with Crippen molar-refractivity contribution < 1.29 is 8.42 Å². The SMILES string of the molecule is Cc1ccc(S(=O)(=O)N(Cl)[B-](Cc2ccccc2)(Cc2ccccc2)Cc2ccccc2)cc1. The molecule has 0 amide bonds. The van der Waals surface area contributed by atoms with Gasteiger partial charge < -0.3 is 0 Å². The lowest BCUT2D eigenvalue weighted by atomic mass is 9.28. The van der Waals surface area contributed by atoms with Gasteiger partial charge in [0.1, 0.15) is 6.28 Å². The average molecular weight is 489 g/mol. The zero-order chi connectivity index (χ0) is 24.0. The first kappa shape index (κ1) is 24.3. The van der Waals surface area contributed by atoms with E-state index >= 15 is 0 Å². The van der Waals surface area contributed by atoms with Gasteiger partial charge in [-0.1, -0.05) is 137 Å². The molecule has 0 unspecified atom stereocenters. The molecule has 174 valence electrons. The number of sulfonamides is 1. The Labute approximate surface area is 208 Å². The maximum Gasteiger partial charge on any atom is 0.220 e. The van der Waals surface area contributed by atoms with Crippen molar-refractivity contribution in [3.63, 3.8) is 0 Å². The van der Waals surface area contributed by atoms with Crippen LogP contribution < -0.4 is 0 Å². The Morgan fingerprint density at radius 2 is 0.971 bits per heavy atom. The Balaban J connectivity index is 1.86. The van der Waals surface area contributed by atoms with Crippen molar-refractivity contribution in [3.05, 3.63) is 138 Å². The van der Waals surface area contributed by atoms with Crippen LogP contribution in [0, 0.1) is 6.92 Å². The molecule has 34 heavy (non-hydrogen) atoms. The Morgan fingerprint density at radius 3 is 1.32 bits per heavy atom. The van der Waals surface area contributed by atoms with Crippen LogP contribution in [0.25, 0.3) is 0 Å². The molecule has 3 nitrogen and oxygen atoms in total. The summed E-state index contributed by atoms with van der Waals surface area (Å²) in [5, 5.41) is 0. The van der Waals surface area contributed by atoms with E-state index in [4.69, 9.17) is 11.8 Å². The second-order valence-corrected chi connectivity index (χ2v) is 11.4. The van der Waals surface area contributed by atoms with Gasteiger partial charge in [-0.05, 0) is 19.1 Å². The van der Waals surface area contributed by atoms with E-state index in [2.05, 4.69) is 0 Å². The van der Waals surface area contributed by atoms with Crippen molar-refractivity contribution >= 4 is 28.1 Å². The van der Waals surface area contributed by atoms with Crippen molar-refractivity contribution in [2.45, 2.75) is 30.8 Å². The summed E-state index contributed by atoms with van der Waals surface area (Å²) in [6.07, 6.45) is -0.257. The largest absolute Gasteiger partial charge is 0.284 e. The Bertz CT molecular complexity index is 1200. The van der Waals surface area contributed by atoms with E-state index in [1.807, 2.05) is 97.9 Å². The quantitative estimate of drug-likeness (QED) is 0.201. The molecule has 0 aliphatic carbocycles. The molecule has 0 N–H and O–H groups in total. The van der Waals surface area contributed by atoms with Crippen LogP contribution in [0.1, 0.15) is 22.3 Å². The summed E-state index contributed by atoms with van der Waals surface area (Å²) in [6, 6.07) is 36.9. The predicted molar refractivity (Wildman–Crippen MR) is 142 cm³/mol. The standard InChI is InChI=1S/C28H28BClNO2S/c1-24-17-19-28(20-18-24)34(32,33)31(30)29(21-25-11-5-2-6-12-25,22-26-13-7-3-8-14-26)23-27-15-9-4-10-16-27/h2-20H,21-23H2,1H3/q-1. The Morgan fingerprint density at radius 1 is 0.618 bits per heavy atom. The third-order valence-corrected chi connectivity index (χ3v) is 9.09. The van der Waals surface area contributed by atoms with Gasteiger partial charge in [-0.3, -0.25) is 3.74 Å². The minimum Gasteiger partial charge on any atom is -0.284 e. The van der Waals surface area contributed by atoms with Crippen LogP contribution >= 0.6 is 11.8 Å². The zero-order valence-corrected chi connectivity index (χ0v) is 20.8. The first-order valence-electron chi connectivity index (χ1n) is 11.5. The molecule has 0 saturated heterocycles. The van der Waals surface area contributed by atoms with Crippen LogP contribution in [-0.4, -0.2) is 18.4 Å². The van der Waals surface area contributed by atoms with Gasteiger partial charge in [0.25, 0.3) is 0 Å². The number of halogens is 1. The summed E-state index contributed by atoms with van der Waals surface area (Å²) in [7, 11) is -3.95. The molecule has 0 aliphatic heterocycles. The summed E-state index contributed by atoms with van der Waals surface area (Å²) in [5.74, 6) is 0. The van der Waals surface area contributed by atoms with Gasteiger partial charge in [0.15, 0.2) is 0 Å². The summed E-state index contributed by atoms with van der Waals surface area (Å²) >= 11 is 6.99. The van der Waals surface area contributed by atoms with Crippen LogP contribution in [0.15, 0.2) is 120 Å². The van der Waals surface area contributed by atoms with Crippen LogP contribution in [0.5, 0.6) is 0 Å². The number of aryl methyl sites for hydroxylation is 1. The lowest BCUT2D eigenvalue weighted by Crippen LogP contribution is -2.57. The zero-order valence-electron chi connectivity index (χ0n) is 19.2. The molecule has 4 rings (SSSR count). The van der Waals surface area contributed by atoms with Crippen molar-refractivity contribution in [1.29, 1.82) is 0 Å². The number of hydrogen-bond donors (Lipinski definition) is 0. The molecule has 4 aromatic carbocycles. The molecule has 4 aromatic rings. The van der Waals surface area contributed by atoms with Crippen molar-refractivity contribution in [2.24, 2.45) is 0 Å². The second kappa shape index (κ2) is 10.6. The number of rotatable bonds is 9. The monoisotopic (exact) mass is 488 g/mol. The van der Waals surface area contributed by atoms with Crippen molar-refractivity contribution in [3.8, 4) is 0 Å². The van der Waals surface area contributed by atoms with Crippen LogP contribution in [-0.2, 0) is 29.0 Å². The summed E-state index contributed by atoms with van der Waals surface area (Å²) in [5.41, 5.74) is 4.16. The van der Waals surface area contributed by atoms with Gasteiger partial charge in [0.2, 0.25) is 10.0 Å². The molecule has 0 spiro atoms. The lowest BCUT2D eigenvalue weighted by molar-refractivity contribution is 0.573. The van der Waals surface area contributed by atoms with Crippen LogP contribution in [0.3, 0.4) is 0 Å². The fraction of sp³-hybridized carbons (Fsp3) is 0.143. The van der Waals surface area contributed by atoms with E-state index in [-0.39, 0.29) is 4.90 Å². The third-order valence-electron chi connectivity index (χ3n) is 6.35. The average Bonchev–Trinajstić information content (AvgIpc) is 2.85. The summed E-state index contributed by atoms with van der Waals surface area (Å²) < 4.78 is 28.9. The molecule has 0 fully saturated rings.